The molecule has 0 amide bonds. The first kappa shape index (κ1) is 10.5. The largest absolute Gasteiger partial charge is 0.478 e. The van der Waals surface area contributed by atoms with Crippen molar-refractivity contribution in [2.45, 2.75) is 13.8 Å². The van der Waals surface area contributed by atoms with Crippen molar-refractivity contribution in [1.82, 2.24) is 4.57 Å². The summed E-state index contributed by atoms with van der Waals surface area (Å²) in [7, 11) is 0. The summed E-state index contributed by atoms with van der Waals surface area (Å²) in [6.07, 6.45) is 3.38. The normalized spacial score (nSPS) is 10.4. The van der Waals surface area contributed by atoms with E-state index >= 15 is 0 Å². The highest BCUT2D eigenvalue weighted by Crippen LogP contribution is 2.15. The molecule has 0 aliphatic heterocycles. The smallest absolute Gasteiger partial charge is 0.337 e. The van der Waals surface area contributed by atoms with Gasteiger partial charge in [0, 0.05) is 18.1 Å². The molecule has 0 bridgehead atoms. The highest BCUT2D eigenvalue weighted by molar-refractivity contribution is 5.87. The minimum absolute atomic E-state index is 0.304. The van der Waals surface area contributed by atoms with E-state index < -0.39 is 5.97 Å². The number of nitrogens with zero attached hydrogens (tertiary/aromatic N) is 1. The van der Waals surface area contributed by atoms with Crippen molar-refractivity contribution >= 4 is 5.97 Å². The van der Waals surface area contributed by atoms with Gasteiger partial charge in [-0.05, 0) is 43.2 Å². The minimum Gasteiger partial charge on any atom is -0.478 e. The standard InChI is InChI=1S/C13H13NO2/c1-9-3-4-12(7-10(9)2)14-6-5-11(8-14)13(15)16/h3-8H,1-2H3,(H,15,16). The van der Waals surface area contributed by atoms with Crippen LogP contribution < -0.4 is 0 Å². The van der Waals surface area contributed by atoms with Gasteiger partial charge in [-0.1, -0.05) is 6.07 Å². The maximum Gasteiger partial charge on any atom is 0.337 e. The molecule has 0 spiro atoms. The number of rotatable bonds is 2. The van der Waals surface area contributed by atoms with Crippen molar-refractivity contribution in [3.63, 3.8) is 0 Å². The molecule has 82 valence electrons. The van der Waals surface area contributed by atoms with E-state index in [0.717, 1.165) is 5.69 Å². The Bertz CT molecular complexity index is 541. The molecule has 0 radical (unpaired) electrons. The highest BCUT2D eigenvalue weighted by Gasteiger charge is 2.05. The van der Waals surface area contributed by atoms with Crippen LogP contribution in [0.15, 0.2) is 36.7 Å². The summed E-state index contributed by atoms with van der Waals surface area (Å²) in [4.78, 5) is 10.8. The topological polar surface area (TPSA) is 42.2 Å². The third-order valence-electron chi connectivity index (χ3n) is 2.73. The van der Waals surface area contributed by atoms with Crippen molar-refractivity contribution in [1.29, 1.82) is 0 Å². The van der Waals surface area contributed by atoms with Crippen LogP contribution in [0.3, 0.4) is 0 Å². The van der Waals surface area contributed by atoms with E-state index in [9.17, 15) is 4.79 Å². The molecule has 0 aliphatic carbocycles. The molecule has 0 unspecified atom stereocenters. The fraction of sp³-hybridized carbons (Fsp3) is 0.154. The molecule has 0 saturated heterocycles. The lowest BCUT2D eigenvalue weighted by molar-refractivity contribution is 0.0697. The molecule has 1 heterocycles. The zero-order valence-corrected chi connectivity index (χ0v) is 9.27. The van der Waals surface area contributed by atoms with Gasteiger partial charge in [0.2, 0.25) is 0 Å². The van der Waals surface area contributed by atoms with Gasteiger partial charge in [0.25, 0.3) is 0 Å². The van der Waals surface area contributed by atoms with Gasteiger partial charge in [-0.15, -0.1) is 0 Å². The number of aromatic carboxylic acids is 1. The number of hydrogen-bond acceptors (Lipinski definition) is 1. The number of carbonyl (C=O) groups is 1. The van der Waals surface area contributed by atoms with Gasteiger partial charge in [0.1, 0.15) is 0 Å². The summed E-state index contributed by atoms with van der Waals surface area (Å²) in [5, 5.41) is 8.83. The summed E-state index contributed by atoms with van der Waals surface area (Å²) in [5.41, 5.74) is 3.71. The average Bonchev–Trinajstić information content (AvgIpc) is 2.71. The van der Waals surface area contributed by atoms with Crippen molar-refractivity contribution < 1.29 is 9.90 Å². The van der Waals surface area contributed by atoms with Gasteiger partial charge >= 0.3 is 5.97 Å². The van der Waals surface area contributed by atoms with Crippen LogP contribution in [0.4, 0.5) is 0 Å². The lowest BCUT2D eigenvalue weighted by Gasteiger charge is -2.05. The Morgan fingerprint density at radius 3 is 2.50 bits per heavy atom. The molecule has 2 aromatic rings. The number of carboxylic acid groups (broad SMARTS) is 1. The lowest BCUT2D eigenvalue weighted by Crippen LogP contribution is -1.95. The Balaban J connectivity index is 2.42. The van der Waals surface area contributed by atoms with Crippen LogP contribution in [-0.4, -0.2) is 15.6 Å². The second kappa shape index (κ2) is 3.85. The van der Waals surface area contributed by atoms with E-state index in [4.69, 9.17) is 5.11 Å². The summed E-state index contributed by atoms with van der Waals surface area (Å²) < 4.78 is 1.82. The van der Waals surface area contributed by atoms with E-state index in [0.29, 0.717) is 5.56 Å². The zero-order chi connectivity index (χ0) is 11.7. The van der Waals surface area contributed by atoms with Crippen LogP contribution in [0.25, 0.3) is 5.69 Å². The van der Waals surface area contributed by atoms with E-state index in [2.05, 4.69) is 6.92 Å². The SMILES string of the molecule is Cc1ccc(-n2ccc(C(=O)O)c2)cc1C. The van der Waals surface area contributed by atoms with Gasteiger partial charge in [-0.25, -0.2) is 4.79 Å². The number of carboxylic acids is 1. The molecule has 3 nitrogen and oxygen atoms in total. The van der Waals surface area contributed by atoms with E-state index in [1.807, 2.05) is 29.7 Å². The Morgan fingerprint density at radius 2 is 1.94 bits per heavy atom. The molecule has 1 aromatic carbocycles. The van der Waals surface area contributed by atoms with Crippen LogP contribution in [0.1, 0.15) is 21.5 Å². The average molecular weight is 215 g/mol. The number of benzene rings is 1. The zero-order valence-electron chi connectivity index (χ0n) is 9.27. The maximum atomic E-state index is 10.8. The maximum absolute atomic E-state index is 10.8. The molecule has 16 heavy (non-hydrogen) atoms. The summed E-state index contributed by atoms with van der Waals surface area (Å²) in [6.45, 7) is 4.10. The van der Waals surface area contributed by atoms with E-state index in [1.165, 1.54) is 11.1 Å². The van der Waals surface area contributed by atoms with Gasteiger partial charge in [-0.3, -0.25) is 0 Å². The van der Waals surface area contributed by atoms with Crippen LogP contribution in [0.2, 0.25) is 0 Å². The first-order chi connectivity index (χ1) is 7.58. The van der Waals surface area contributed by atoms with Crippen LogP contribution in [0.5, 0.6) is 0 Å². The number of hydrogen-bond donors (Lipinski definition) is 1. The second-order valence-corrected chi connectivity index (χ2v) is 3.88. The van der Waals surface area contributed by atoms with Crippen molar-refractivity contribution in [3.05, 3.63) is 53.3 Å². The van der Waals surface area contributed by atoms with E-state index in [-0.39, 0.29) is 0 Å². The Morgan fingerprint density at radius 1 is 1.19 bits per heavy atom. The first-order valence-corrected chi connectivity index (χ1v) is 5.07. The third kappa shape index (κ3) is 1.84. The van der Waals surface area contributed by atoms with Crippen LogP contribution >= 0.6 is 0 Å². The monoisotopic (exact) mass is 215 g/mol. The predicted octanol–water partition coefficient (Wildman–Crippen LogP) is 2.79. The van der Waals surface area contributed by atoms with E-state index in [1.54, 1.807) is 18.5 Å². The van der Waals surface area contributed by atoms with Gasteiger partial charge < -0.3 is 9.67 Å². The van der Waals surface area contributed by atoms with Crippen molar-refractivity contribution in [2.24, 2.45) is 0 Å². The molecule has 1 aromatic heterocycles. The van der Waals surface area contributed by atoms with Crippen LogP contribution in [0, 0.1) is 13.8 Å². The first-order valence-electron chi connectivity index (χ1n) is 5.07. The highest BCUT2D eigenvalue weighted by atomic mass is 16.4. The summed E-state index contributed by atoms with van der Waals surface area (Å²) in [5.74, 6) is -0.900. The predicted molar refractivity (Wildman–Crippen MR) is 62.2 cm³/mol. The molecule has 3 heteroatoms. The molecule has 0 saturated carbocycles. The minimum atomic E-state index is -0.900. The molecule has 0 aliphatic rings. The molecule has 0 atom stereocenters. The molecule has 2 rings (SSSR count). The fourth-order valence-corrected chi connectivity index (χ4v) is 1.57. The van der Waals surface area contributed by atoms with Gasteiger partial charge in [0.15, 0.2) is 0 Å². The van der Waals surface area contributed by atoms with Gasteiger partial charge in [-0.2, -0.15) is 0 Å². The molecular weight excluding hydrogens is 202 g/mol. The Hall–Kier alpha value is -2.03. The van der Waals surface area contributed by atoms with Gasteiger partial charge in [0.05, 0.1) is 5.56 Å². The van der Waals surface area contributed by atoms with Crippen molar-refractivity contribution in [2.75, 3.05) is 0 Å². The number of aryl methyl sites for hydroxylation is 2. The quantitative estimate of drug-likeness (QED) is 0.837. The molecular formula is C13H13NO2. The lowest BCUT2D eigenvalue weighted by atomic mass is 10.1. The Labute approximate surface area is 94.0 Å². The third-order valence-corrected chi connectivity index (χ3v) is 2.73. The summed E-state index contributed by atoms with van der Waals surface area (Å²) in [6, 6.07) is 7.65. The Kier molecular flexibility index (Phi) is 2.52. The second-order valence-electron chi connectivity index (χ2n) is 3.88. The summed E-state index contributed by atoms with van der Waals surface area (Å²) >= 11 is 0. The fourth-order valence-electron chi connectivity index (χ4n) is 1.57. The number of aromatic nitrogens is 1. The molecule has 1 N–H and O–H groups in total. The van der Waals surface area contributed by atoms with Crippen LogP contribution in [-0.2, 0) is 0 Å². The molecule has 0 fully saturated rings. The van der Waals surface area contributed by atoms with Crippen molar-refractivity contribution in [3.8, 4) is 5.69 Å².